The van der Waals surface area contributed by atoms with E-state index in [9.17, 15) is 9.59 Å². The fourth-order valence-electron chi connectivity index (χ4n) is 2.38. The number of aryl methyl sites for hydroxylation is 1. The summed E-state index contributed by atoms with van der Waals surface area (Å²) in [7, 11) is 0. The summed E-state index contributed by atoms with van der Waals surface area (Å²) in [5.74, 6) is -1.37. The van der Waals surface area contributed by atoms with Gasteiger partial charge in [-0.15, -0.1) is 0 Å². The van der Waals surface area contributed by atoms with Crippen LogP contribution in [0.2, 0.25) is 0 Å². The molecule has 0 aliphatic heterocycles. The molecule has 0 unspecified atom stereocenters. The van der Waals surface area contributed by atoms with Crippen molar-refractivity contribution in [2.45, 2.75) is 32.6 Å². The van der Waals surface area contributed by atoms with Gasteiger partial charge in [-0.1, -0.05) is 44.0 Å². The smallest absolute Gasteiger partial charge is 0.337 e. The molecule has 0 atom stereocenters. The highest BCUT2D eigenvalue weighted by molar-refractivity contribution is 6.07. The van der Waals surface area contributed by atoms with E-state index in [-0.39, 0.29) is 11.5 Å². The number of unbranched alkanes of at least 4 members (excludes halogenated alkanes) is 2. The van der Waals surface area contributed by atoms with Crippen LogP contribution in [0.3, 0.4) is 0 Å². The molecule has 0 fully saturated rings. The number of rotatable bonds is 7. The Bertz CT molecular complexity index is 677. The first-order valence-corrected chi connectivity index (χ1v) is 7.84. The van der Waals surface area contributed by atoms with E-state index < -0.39 is 5.97 Å². The molecular weight excluding hydrogens is 290 g/mol. The van der Waals surface area contributed by atoms with E-state index in [1.165, 1.54) is 24.5 Å². The van der Waals surface area contributed by atoms with Crippen LogP contribution in [-0.2, 0) is 6.42 Å². The molecule has 2 aromatic carbocycles. The summed E-state index contributed by atoms with van der Waals surface area (Å²) in [5.41, 5.74) is 2.11. The van der Waals surface area contributed by atoms with Crippen molar-refractivity contribution in [1.82, 2.24) is 0 Å². The number of aromatic carboxylic acids is 1. The molecular formula is C19H21NO3. The van der Waals surface area contributed by atoms with E-state index in [1.54, 1.807) is 30.3 Å². The molecule has 2 N–H and O–H groups in total. The van der Waals surface area contributed by atoms with Gasteiger partial charge in [0.1, 0.15) is 0 Å². The van der Waals surface area contributed by atoms with Crippen molar-refractivity contribution in [2.75, 3.05) is 5.32 Å². The highest BCUT2D eigenvalue weighted by atomic mass is 16.4. The minimum absolute atomic E-state index is 0.0806. The first kappa shape index (κ1) is 16.7. The molecule has 0 saturated carbocycles. The lowest BCUT2D eigenvalue weighted by Gasteiger charge is -2.09. The Morgan fingerprint density at radius 2 is 1.70 bits per heavy atom. The maximum absolute atomic E-state index is 12.3. The summed E-state index contributed by atoms with van der Waals surface area (Å²) in [6.45, 7) is 2.17. The molecule has 0 heterocycles. The Morgan fingerprint density at radius 1 is 1.00 bits per heavy atom. The Kier molecular flexibility index (Phi) is 5.92. The average molecular weight is 311 g/mol. The number of carbonyl (C=O) groups excluding carboxylic acids is 1. The van der Waals surface area contributed by atoms with Gasteiger partial charge in [-0.2, -0.15) is 0 Å². The number of carbonyl (C=O) groups is 2. The number of benzene rings is 2. The standard InChI is InChI=1S/C19H21NO3/c1-2-3-4-7-14-10-12-15(13-11-14)18(21)20-17-9-6-5-8-16(17)19(22)23/h5-6,8-13H,2-4,7H2,1H3,(H,20,21)(H,22,23). The molecule has 0 spiro atoms. The largest absolute Gasteiger partial charge is 0.478 e. The third kappa shape index (κ3) is 4.68. The van der Waals surface area contributed by atoms with Crippen LogP contribution in [0.15, 0.2) is 48.5 Å². The second-order valence-corrected chi connectivity index (χ2v) is 5.46. The van der Waals surface area contributed by atoms with E-state index in [4.69, 9.17) is 5.11 Å². The van der Waals surface area contributed by atoms with Gasteiger partial charge in [0, 0.05) is 5.56 Å². The number of carboxylic acid groups (broad SMARTS) is 1. The summed E-state index contributed by atoms with van der Waals surface area (Å²) in [4.78, 5) is 23.4. The SMILES string of the molecule is CCCCCc1ccc(C(=O)Nc2ccccc2C(=O)O)cc1. The summed E-state index contributed by atoms with van der Waals surface area (Å²) in [6, 6.07) is 13.8. The van der Waals surface area contributed by atoms with Crippen LogP contribution in [0.1, 0.15) is 52.5 Å². The Morgan fingerprint density at radius 3 is 2.35 bits per heavy atom. The van der Waals surface area contributed by atoms with Gasteiger partial charge in [-0.3, -0.25) is 4.79 Å². The van der Waals surface area contributed by atoms with Gasteiger partial charge in [0.25, 0.3) is 5.91 Å². The van der Waals surface area contributed by atoms with E-state index in [2.05, 4.69) is 12.2 Å². The quantitative estimate of drug-likeness (QED) is 0.746. The van der Waals surface area contributed by atoms with E-state index in [0.717, 1.165) is 12.8 Å². The fraction of sp³-hybridized carbons (Fsp3) is 0.263. The van der Waals surface area contributed by atoms with Gasteiger partial charge >= 0.3 is 5.97 Å². The van der Waals surface area contributed by atoms with Gasteiger partial charge in [0.2, 0.25) is 0 Å². The molecule has 0 saturated heterocycles. The summed E-state index contributed by atoms with van der Waals surface area (Å²) in [6.07, 6.45) is 4.54. The van der Waals surface area contributed by atoms with Crippen molar-refractivity contribution < 1.29 is 14.7 Å². The van der Waals surface area contributed by atoms with Gasteiger partial charge in [0.15, 0.2) is 0 Å². The number of hydrogen-bond acceptors (Lipinski definition) is 2. The van der Waals surface area contributed by atoms with Crippen molar-refractivity contribution in [2.24, 2.45) is 0 Å². The van der Waals surface area contributed by atoms with Gasteiger partial charge in [-0.25, -0.2) is 4.79 Å². The molecule has 0 radical (unpaired) electrons. The third-order valence-corrected chi connectivity index (χ3v) is 3.69. The summed E-state index contributed by atoms with van der Waals surface area (Å²) >= 11 is 0. The van der Waals surface area contributed by atoms with Crippen LogP contribution in [-0.4, -0.2) is 17.0 Å². The number of nitrogens with one attached hydrogen (secondary N) is 1. The Hall–Kier alpha value is -2.62. The van der Waals surface area contributed by atoms with Crippen molar-refractivity contribution in [1.29, 1.82) is 0 Å². The molecule has 2 rings (SSSR count). The van der Waals surface area contributed by atoms with Crippen LogP contribution >= 0.6 is 0 Å². The second-order valence-electron chi connectivity index (χ2n) is 5.46. The first-order valence-electron chi connectivity index (χ1n) is 7.84. The zero-order valence-electron chi connectivity index (χ0n) is 13.2. The molecule has 4 nitrogen and oxygen atoms in total. The predicted molar refractivity (Wildman–Crippen MR) is 91.0 cm³/mol. The molecule has 4 heteroatoms. The van der Waals surface area contributed by atoms with Crippen LogP contribution in [0.4, 0.5) is 5.69 Å². The Labute approximate surface area is 136 Å². The third-order valence-electron chi connectivity index (χ3n) is 3.69. The molecule has 23 heavy (non-hydrogen) atoms. The van der Waals surface area contributed by atoms with Crippen molar-refractivity contribution in [3.8, 4) is 0 Å². The molecule has 0 aliphatic rings. The van der Waals surface area contributed by atoms with E-state index in [0.29, 0.717) is 11.3 Å². The minimum Gasteiger partial charge on any atom is -0.478 e. The van der Waals surface area contributed by atoms with Gasteiger partial charge < -0.3 is 10.4 Å². The zero-order valence-corrected chi connectivity index (χ0v) is 13.2. The number of para-hydroxylation sites is 1. The molecule has 1 amide bonds. The predicted octanol–water partition coefficient (Wildman–Crippen LogP) is 4.37. The molecule has 0 aromatic heterocycles. The number of carboxylic acids is 1. The van der Waals surface area contributed by atoms with Crippen LogP contribution in [0, 0.1) is 0 Å². The molecule has 2 aromatic rings. The second kappa shape index (κ2) is 8.13. The van der Waals surface area contributed by atoms with Crippen molar-refractivity contribution in [3.63, 3.8) is 0 Å². The maximum atomic E-state index is 12.3. The van der Waals surface area contributed by atoms with Crippen LogP contribution in [0.25, 0.3) is 0 Å². The lowest BCUT2D eigenvalue weighted by molar-refractivity contribution is 0.0698. The van der Waals surface area contributed by atoms with Crippen molar-refractivity contribution in [3.05, 3.63) is 65.2 Å². The average Bonchev–Trinajstić information content (AvgIpc) is 2.56. The van der Waals surface area contributed by atoms with E-state index in [1.807, 2.05) is 12.1 Å². The van der Waals surface area contributed by atoms with Crippen LogP contribution < -0.4 is 5.32 Å². The Balaban J connectivity index is 2.05. The lowest BCUT2D eigenvalue weighted by Crippen LogP contribution is -2.14. The monoisotopic (exact) mass is 311 g/mol. The minimum atomic E-state index is -1.06. The lowest BCUT2D eigenvalue weighted by atomic mass is 10.0. The maximum Gasteiger partial charge on any atom is 0.337 e. The van der Waals surface area contributed by atoms with Gasteiger partial charge in [-0.05, 0) is 42.7 Å². The highest BCUT2D eigenvalue weighted by Gasteiger charge is 2.12. The molecule has 0 aliphatic carbocycles. The van der Waals surface area contributed by atoms with Gasteiger partial charge in [0.05, 0.1) is 11.3 Å². The number of anilines is 1. The summed E-state index contributed by atoms with van der Waals surface area (Å²) in [5, 5.41) is 11.8. The molecule has 0 bridgehead atoms. The normalized spacial score (nSPS) is 10.3. The topological polar surface area (TPSA) is 66.4 Å². The molecule has 120 valence electrons. The highest BCUT2D eigenvalue weighted by Crippen LogP contribution is 2.17. The fourth-order valence-corrected chi connectivity index (χ4v) is 2.38. The van der Waals surface area contributed by atoms with Crippen LogP contribution in [0.5, 0.6) is 0 Å². The van der Waals surface area contributed by atoms with E-state index >= 15 is 0 Å². The number of hydrogen-bond donors (Lipinski definition) is 2. The summed E-state index contributed by atoms with van der Waals surface area (Å²) < 4.78 is 0. The zero-order chi connectivity index (χ0) is 16.7. The van der Waals surface area contributed by atoms with Crippen molar-refractivity contribution >= 4 is 17.6 Å². The first-order chi connectivity index (χ1) is 11.1. The number of amides is 1.